The third-order valence-corrected chi connectivity index (χ3v) is 1.81. The van der Waals surface area contributed by atoms with Crippen LogP contribution >= 0.6 is 0 Å². The fourth-order valence-corrected chi connectivity index (χ4v) is 0.959. The van der Waals surface area contributed by atoms with E-state index in [1.807, 2.05) is 7.05 Å². The average molecular weight is 185 g/mol. The Bertz CT molecular complexity index is 178. The van der Waals surface area contributed by atoms with Crippen molar-refractivity contribution in [3.05, 3.63) is 12.2 Å². The molecule has 1 N–H and O–H groups in total. The second-order valence-corrected chi connectivity index (χ2v) is 3.15. The Kier molecular flexibility index (Phi) is 6.24. The summed E-state index contributed by atoms with van der Waals surface area (Å²) in [7, 11) is 1.87. The number of hydrogen-bond donors (Lipinski definition) is 1. The molecule has 0 saturated carbocycles. The van der Waals surface area contributed by atoms with Crippen LogP contribution in [-0.2, 0) is 9.53 Å². The van der Waals surface area contributed by atoms with E-state index in [9.17, 15) is 4.79 Å². The van der Waals surface area contributed by atoms with Gasteiger partial charge in [0.05, 0.1) is 0 Å². The van der Waals surface area contributed by atoms with Crippen molar-refractivity contribution < 1.29 is 9.53 Å². The quantitative estimate of drug-likeness (QED) is 0.503. The molecular weight excluding hydrogens is 166 g/mol. The second kappa shape index (κ2) is 6.66. The molecule has 3 heteroatoms. The van der Waals surface area contributed by atoms with Crippen molar-refractivity contribution in [2.75, 3.05) is 13.7 Å². The Hall–Kier alpha value is -0.830. The molecule has 0 aromatic rings. The number of carbonyl (C=O) groups excluding carboxylic acids is 1. The average Bonchev–Trinajstić information content (AvgIpc) is 2.11. The van der Waals surface area contributed by atoms with Crippen molar-refractivity contribution in [3.8, 4) is 0 Å². The number of rotatable bonds is 6. The summed E-state index contributed by atoms with van der Waals surface area (Å²) in [6.07, 6.45) is 2.09. The van der Waals surface area contributed by atoms with Crippen molar-refractivity contribution in [1.82, 2.24) is 5.32 Å². The minimum atomic E-state index is -0.309. The van der Waals surface area contributed by atoms with Crippen LogP contribution in [0, 0.1) is 0 Å². The van der Waals surface area contributed by atoms with E-state index < -0.39 is 0 Å². The molecule has 0 aliphatic heterocycles. The summed E-state index contributed by atoms with van der Waals surface area (Å²) >= 11 is 0. The Morgan fingerprint density at radius 1 is 1.62 bits per heavy atom. The first-order valence-electron chi connectivity index (χ1n) is 4.61. The van der Waals surface area contributed by atoms with Crippen molar-refractivity contribution in [2.24, 2.45) is 0 Å². The third-order valence-electron chi connectivity index (χ3n) is 1.81. The number of hydrogen-bond acceptors (Lipinski definition) is 3. The first-order valence-corrected chi connectivity index (χ1v) is 4.61. The van der Waals surface area contributed by atoms with Gasteiger partial charge in [0, 0.05) is 11.6 Å². The van der Waals surface area contributed by atoms with Crippen molar-refractivity contribution in [2.45, 2.75) is 32.7 Å². The molecule has 0 aromatic carbocycles. The molecule has 1 atom stereocenters. The van der Waals surface area contributed by atoms with Crippen LogP contribution in [0.3, 0.4) is 0 Å². The highest BCUT2D eigenvalue weighted by Crippen LogP contribution is 1.99. The molecule has 3 nitrogen and oxygen atoms in total. The second-order valence-electron chi connectivity index (χ2n) is 3.15. The molecule has 76 valence electrons. The van der Waals surface area contributed by atoms with E-state index in [0.717, 1.165) is 12.8 Å². The van der Waals surface area contributed by atoms with E-state index in [2.05, 4.69) is 18.8 Å². The van der Waals surface area contributed by atoms with E-state index in [1.165, 1.54) is 0 Å². The SMILES string of the molecule is C=C(C)C(=O)OCC(CCC)NC. The summed E-state index contributed by atoms with van der Waals surface area (Å²) in [6, 6.07) is 0.258. The zero-order valence-corrected chi connectivity index (χ0v) is 8.72. The van der Waals surface area contributed by atoms with Gasteiger partial charge in [-0.3, -0.25) is 0 Å². The molecular formula is C10H19NO2. The summed E-state index contributed by atoms with van der Waals surface area (Å²) in [5, 5.41) is 3.09. The smallest absolute Gasteiger partial charge is 0.333 e. The topological polar surface area (TPSA) is 38.3 Å². The molecule has 0 bridgehead atoms. The van der Waals surface area contributed by atoms with Crippen molar-refractivity contribution >= 4 is 5.97 Å². The molecule has 0 saturated heterocycles. The van der Waals surface area contributed by atoms with Crippen LogP contribution in [-0.4, -0.2) is 25.7 Å². The van der Waals surface area contributed by atoms with Gasteiger partial charge in [0.25, 0.3) is 0 Å². The van der Waals surface area contributed by atoms with Gasteiger partial charge in [-0.1, -0.05) is 19.9 Å². The molecule has 0 amide bonds. The van der Waals surface area contributed by atoms with Gasteiger partial charge in [-0.2, -0.15) is 0 Å². The molecule has 0 aliphatic carbocycles. The summed E-state index contributed by atoms with van der Waals surface area (Å²) in [5.41, 5.74) is 0.450. The van der Waals surface area contributed by atoms with Crippen LogP contribution in [0.15, 0.2) is 12.2 Å². The van der Waals surface area contributed by atoms with Gasteiger partial charge in [-0.25, -0.2) is 4.79 Å². The summed E-state index contributed by atoms with van der Waals surface area (Å²) in [4.78, 5) is 11.0. The van der Waals surface area contributed by atoms with Crippen LogP contribution in [0.1, 0.15) is 26.7 Å². The third kappa shape index (κ3) is 5.42. The molecule has 13 heavy (non-hydrogen) atoms. The normalized spacial score (nSPS) is 12.2. The number of nitrogens with one attached hydrogen (secondary N) is 1. The maximum atomic E-state index is 11.0. The highest BCUT2D eigenvalue weighted by atomic mass is 16.5. The highest BCUT2D eigenvalue weighted by Gasteiger charge is 2.08. The van der Waals surface area contributed by atoms with Crippen LogP contribution in [0.4, 0.5) is 0 Å². The fraction of sp³-hybridized carbons (Fsp3) is 0.700. The summed E-state index contributed by atoms with van der Waals surface area (Å²) in [5.74, 6) is -0.309. The number of likely N-dealkylation sites (N-methyl/N-ethyl adjacent to an activating group) is 1. The first kappa shape index (κ1) is 12.2. The van der Waals surface area contributed by atoms with Gasteiger partial charge >= 0.3 is 5.97 Å². The van der Waals surface area contributed by atoms with Crippen LogP contribution in [0.2, 0.25) is 0 Å². The number of ether oxygens (including phenoxy) is 1. The minimum Gasteiger partial charge on any atom is -0.461 e. The largest absolute Gasteiger partial charge is 0.461 e. The van der Waals surface area contributed by atoms with E-state index in [0.29, 0.717) is 12.2 Å². The lowest BCUT2D eigenvalue weighted by Crippen LogP contribution is -2.31. The van der Waals surface area contributed by atoms with Crippen LogP contribution < -0.4 is 5.32 Å². The predicted molar refractivity (Wildman–Crippen MR) is 53.5 cm³/mol. The van der Waals surface area contributed by atoms with E-state index in [1.54, 1.807) is 6.92 Å². The standard InChI is InChI=1S/C10H19NO2/c1-5-6-9(11-4)7-13-10(12)8(2)3/h9,11H,2,5-7H2,1,3-4H3. The molecule has 0 aliphatic rings. The zero-order chi connectivity index (χ0) is 10.3. The van der Waals surface area contributed by atoms with Crippen molar-refractivity contribution in [1.29, 1.82) is 0 Å². The first-order chi connectivity index (χ1) is 6.11. The maximum absolute atomic E-state index is 11.0. The monoisotopic (exact) mass is 185 g/mol. The highest BCUT2D eigenvalue weighted by molar-refractivity contribution is 5.86. The number of carbonyl (C=O) groups is 1. The predicted octanol–water partition coefficient (Wildman–Crippen LogP) is 1.49. The Morgan fingerprint density at radius 3 is 2.62 bits per heavy atom. The molecule has 0 spiro atoms. The van der Waals surface area contributed by atoms with Gasteiger partial charge in [-0.05, 0) is 20.4 Å². The van der Waals surface area contributed by atoms with Gasteiger partial charge in [0.15, 0.2) is 0 Å². The lowest BCUT2D eigenvalue weighted by atomic mass is 10.2. The lowest BCUT2D eigenvalue weighted by molar-refractivity contribution is -0.139. The van der Waals surface area contributed by atoms with E-state index in [-0.39, 0.29) is 12.0 Å². The number of esters is 1. The Balaban J connectivity index is 3.71. The van der Waals surface area contributed by atoms with E-state index >= 15 is 0 Å². The summed E-state index contributed by atoms with van der Waals surface area (Å²) in [6.45, 7) is 7.69. The Labute approximate surface area is 80.2 Å². The van der Waals surface area contributed by atoms with Crippen LogP contribution in [0.25, 0.3) is 0 Å². The van der Waals surface area contributed by atoms with Gasteiger partial charge in [0.2, 0.25) is 0 Å². The maximum Gasteiger partial charge on any atom is 0.333 e. The summed E-state index contributed by atoms with van der Waals surface area (Å²) < 4.78 is 5.01. The van der Waals surface area contributed by atoms with Gasteiger partial charge < -0.3 is 10.1 Å². The molecule has 1 unspecified atom stereocenters. The molecule has 0 aromatic heterocycles. The molecule has 0 heterocycles. The van der Waals surface area contributed by atoms with Crippen LogP contribution in [0.5, 0.6) is 0 Å². The minimum absolute atomic E-state index is 0.258. The molecule has 0 rings (SSSR count). The Morgan fingerprint density at radius 2 is 2.23 bits per heavy atom. The van der Waals surface area contributed by atoms with Gasteiger partial charge in [-0.15, -0.1) is 0 Å². The molecule has 0 radical (unpaired) electrons. The van der Waals surface area contributed by atoms with E-state index in [4.69, 9.17) is 4.74 Å². The molecule has 0 fully saturated rings. The zero-order valence-electron chi connectivity index (χ0n) is 8.72. The fourth-order valence-electron chi connectivity index (χ4n) is 0.959. The lowest BCUT2D eigenvalue weighted by Gasteiger charge is -2.14. The van der Waals surface area contributed by atoms with Gasteiger partial charge in [0.1, 0.15) is 6.61 Å². The van der Waals surface area contributed by atoms with Crippen molar-refractivity contribution in [3.63, 3.8) is 0 Å².